The molecule has 1 saturated carbocycles. The minimum absolute atomic E-state index is 0.0541. The Bertz CT molecular complexity index is 427. The van der Waals surface area contributed by atoms with Crippen LogP contribution in [-0.2, 0) is 0 Å². The lowest BCUT2D eigenvalue weighted by atomic mass is 10.1. The molecule has 16 heavy (non-hydrogen) atoms. The second kappa shape index (κ2) is 3.77. The number of benzene rings is 1. The van der Waals surface area contributed by atoms with Crippen molar-refractivity contribution in [3.05, 3.63) is 29.6 Å². The van der Waals surface area contributed by atoms with Crippen LogP contribution in [0, 0.1) is 11.2 Å². The summed E-state index contributed by atoms with van der Waals surface area (Å²) in [5, 5.41) is 2.74. The Morgan fingerprint density at radius 2 is 2.25 bits per heavy atom. The summed E-state index contributed by atoms with van der Waals surface area (Å²) < 4.78 is 13.4. The van der Waals surface area contributed by atoms with Crippen LogP contribution in [0.3, 0.4) is 0 Å². The van der Waals surface area contributed by atoms with Crippen molar-refractivity contribution in [3.8, 4) is 0 Å². The molecule has 3 nitrogen and oxygen atoms in total. The van der Waals surface area contributed by atoms with Gasteiger partial charge in [-0.15, -0.1) is 0 Å². The Kier molecular flexibility index (Phi) is 2.58. The molecule has 3 N–H and O–H groups in total. The number of nitrogen functional groups attached to an aromatic ring is 1. The van der Waals surface area contributed by atoms with Gasteiger partial charge in [-0.2, -0.15) is 0 Å². The predicted molar refractivity (Wildman–Crippen MR) is 60.5 cm³/mol. The van der Waals surface area contributed by atoms with E-state index >= 15 is 0 Å². The van der Waals surface area contributed by atoms with Gasteiger partial charge in [0.15, 0.2) is 0 Å². The van der Waals surface area contributed by atoms with E-state index in [2.05, 4.69) is 12.2 Å². The molecule has 0 bridgehead atoms. The minimum Gasteiger partial charge on any atom is -0.399 e. The molecule has 0 aliphatic heterocycles. The number of amides is 1. The van der Waals surface area contributed by atoms with Crippen LogP contribution >= 0.6 is 0 Å². The van der Waals surface area contributed by atoms with Crippen LogP contribution in [0.15, 0.2) is 18.2 Å². The molecule has 0 saturated heterocycles. The van der Waals surface area contributed by atoms with E-state index < -0.39 is 5.82 Å². The van der Waals surface area contributed by atoms with E-state index in [-0.39, 0.29) is 16.9 Å². The smallest absolute Gasteiger partial charge is 0.254 e. The second-order valence-electron chi connectivity index (χ2n) is 4.73. The first-order valence-corrected chi connectivity index (χ1v) is 5.33. The fourth-order valence-electron chi connectivity index (χ4n) is 1.49. The SMILES string of the molecule is CC1(CNC(=O)c2ccc(N)cc2F)CC1. The molecule has 1 amide bonds. The van der Waals surface area contributed by atoms with Gasteiger partial charge in [-0.1, -0.05) is 6.92 Å². The number of carbonyl (C=O) groups excluding carboxylic acids is 1. The molecular formula is C12H15FN2O. The quantitative estimate of drug-likeness (QED) is 0.768. The van der Waals surface area contributed by atoms with Crippen molar-refractivity contribution in [2.24, 2.45) is 5.41 Å². The van der Waals surface area contributed by atoms with Gasteiger partial charge >= 0.3 is 0 Å². The summed E-state index contributed by atoms with van der Waals surface area (Å²) in [6.07, 6.45) is 2.25. The Hall–Kier alpha value is -1.58. The maximum atomic E-state index is 13.4. The van der Waals surface area contributed by atoms with E-state index in [0.29, 0.717) is 12.2 Å². The zero-order valence-electron chi connectivity index (χ0n) is 9.22. The van der Waals surface area contributed by atoms with E-state index in [0.717, 1.165) is 18.9 Å². The van der Waals surface area contributed by atoms with E-state index in [1.807, 2.05) is 0 Å². The molecule has 0 unspecified atom stereocenters. The third-order valence-electron chi connectivity index (χ3n) is 3.02. The van der Waals surface area contributed by atoms with E-state index in [1.54, 1.807) is 0 Å². The molecule has 0 atom stereocenters. The van der Waals surface area contributed by atoms with Gasteiger partial charge in [-0.25, -0.2) is 4.39 Å². The van der Waals surface area contributed by atoms with Gasteiger partial charge in [0.05, 0.1) is 5.56 Å². The molecule has 0 spiro atoms. The lowest BCUT2D eigenvalue weighted by molar-refractivity contribution is 0.0942. The average molecular weight is 222 g/mol. The van der Waals surface area contributed by atoms with Crippen molar-refractivity contribution >= 4 is 11.6 Å². The van der Waals surface area contributed by atoms with Gasteiger partial charge in [-0.05, 0) is 36.5 Å². The number of rotatable bonds is 3. The Morgan fingerprint density at radius 3 is 2.81 bits per heavy atom. The average Bonchev–Trinajstić information content (AvgIpc) is 2.94. The molecule has 2 rings (SSSR count). The minimum atomic E-state index is -0.571. The summed E-state index contributed by atoms with van der Waals surface area (Å²) in [5.74, 6) is -0.941. The highest BCUT2D eigenvalue weighted by molar-refractivity contribution is 5.94. The molecule has 86 valence electrons. The number of halogens is 1. The molecule has 1 fully saturated rings. The number of anilines is 1. The first kappa shape index (κ1) is 10.9. The van der Waals surface area contributed by atoms with Gasteiger partial charge in [-0.3, -0.25) is 4.79 Å². The molecule has 1 aromatic rings. The summed E-state index contributed by atoms with van der Waals surface area (Å²) in [6.45, 7) is 2.71. The molecule has 1 aliphatic carbocycles. The largest absolute Gasteiger partial charge is 0.399 e. The maximum Gasteiger partial charge on any atom is 0.254 e. The monoisotopic (exact) mass is 222 g/mol. The Labute approximate surface area is 93.8 Å². The summed E-state index contributed by atoms with van der Waals surface area (Å²) in [6, 6.07) is 4.10. The van der Waals surface area contributed by atoms with E-state index in [9.17, 15) is 9.18 Å². The highest BCUT2D eigenvalue weighted by Gasteiger charge is 2.37. The van der Waals surface area contributed by atoms with Crippen LogP contribution < -0.4 is 11.1 Å². The zero-order chi connectivity index (χ0) is 11.8. The topological polar surface area (TPSA) is 55.1 Å². The predicted octanol–water partition coefficient (Wildman–Crippen LogP) is 1.94. The van der Waals surface area contributed by atoms with Crippen molar-refractivity contribution < 1.29 is 9.18 Å². The van der Waals surface area contributed by atoms with Gasteiger partial charge < -0.3 is 11.1 Å². The first-order chi connectivity index (χ1) is 7.50. The van der Waals surface area contributed by atoms with Crippen LogP contribution in [0.25, 0.3) is 0 Å². The van der Waals surface area contributed by atoms with Gasteiger partial charge in [0.2, 0.25) is 0 Å². The lowest BCUT2D eigenvalue weighted by Crippen LogP contribution is -2.29. The summed E-state index contributed by atoms with van der Waals surface area (Å²) in [7, 11) is 0. The molecular weight excluding hydrogens is 207 g/mol. The van der Waals surface area contributed by atoms with Crippen molar-refractivity contribution in [1.82, 2.24) is 5.32 Å². The third kappa shape index (κ3) is 2.32. The molecule has 0 radical (unpaired) electrons. The van der Waals surface area contributed by atoms with Crippen molar-refractivity contribution in [2.45, 2.75) is 19.8 Å². The van der Waals surface area contributed by atoms with Crippen LogP contribution in [0.4, 0.5) is 10.1 Å². The number of hydrogen-bond donors (Lipinski definition) is 2. The van der Waals surface area contributed by atoms with Crippen LogP contribution in [0.1, 0.15) is 30.1 Å². The second-order valence-corrected chi connectivity index (χ2v) is 4.73. The summed E-state index contributed by atoms with van der Waals surface area (Å²) in [4.78, 5) is 11.7. The van der Waals surface area contributed by atoms with E-state index in [4.69, 9.17) is 5.73 Å². The van der Waals surface area contributed by atoms with Crippen molar-refractivity contribution in [2.75, 3.05) is 12.3 Å². The Balaban J connectivity index is 2.02. The number of hydrogen-bond acceptors (Lipinski definition) is 2. The molecule has 1 aliphatic rings. The van der Waals surface area contributed by atoms with Crippen LogP contribution in [0.5, 0.6) is 0 Å². The van der Waals surface area contributed by atoms with Crippen LogP contribution in [-0.4, -0.2) is 12.5 Å². The van der Waals surface area contributed by atoms with Crippen molar-refractivity contribution in [1.29, 1.82) is 0 Å². The fourth-order valence-corrected chi connectivity index (χ4v) is 1.49. The number of carbonyl (C=O) groups is 1. The molecule has 0 aromatic heterocycles. The highest BCUT2D eigenvalue weighted by atomic mass is 19.1. The number of nitrogens with one attached hydrogen (secondary N) is 1. The van der Waals surface area contributed by atoms with Gasteiger partial charge in [0.1, 0.15) is 5.82 Å². The van der Waals surface area contributed by atoms with E-state index in [1.165, 1.54) is 12.1 Å². The van der Waals surface area contributed by atoms with Gasteiger partial charge in [0.25, 0.3) is 5.91 Å². The third-order valence-corrected chi connectivity index (χ3v) is 3.02. The number of nitrogens with two attached hydrogens (primary N) is 1. The first-order valence-electron chi connectivity index (χ1n) is 5.33. The zero-order valence-corrected chi connectivity index (χ0v) is 9.22. The molecule has 1 aromatic carbocycles. The molecule has 0 heterocycles. The normalized spacial score (nSPS) is 16.9. The van der Waals surface area contributed by atoms with Crippen molar-refractivity contribution in [3.63, 3.8) is 0 Å². The standard InChI is InChI=1S/C12H15FN2O/c1-12(4-5-12)7-15-11(16)9-3-2-8(14)6-10(9)13/h2-3,6H,4-5,7,14H2,1H3,(H,15,16). The lowest BCUT2D eigenvalue weighted by Gasteiger charge is -2.10. The summed E-state index contributed by atoms with van der Waals surface area (Å²) in [5.41, 5.74) is 6.01. The van der Waals surface area contributed by atoms with Crippen LogP contribution in [0.2, 0.25) is 0 Å². The highest BCUT2D eigenvalue weighted by Crippen LogP contribution is 2.44. The maximum absolute atomic E-state index is 13.4. The van der Waals surface area contributed by atoms with Gasteiger partial charge in [0, 0.05) is 12.2 Å². The fraction of sp³-hybridized carbons (Fsp3) is 0.417. The molecule has 4 heteroatoms. The summed E-state index contributed by atoms with van der Waals surface area (Å²) >= 11 is 0. The Morgan fingerprint density at radius 1 is 1.56 bits per heavy atom.